The summed E-state index contributed by atoms with van der Waals surface area (Å²) in [6.07, 6.45) is 13.4. The Morgan fingerprint density at radius 2 is 1.44 bits per heavy atom. The topological polar surface area (TPSA) is 38.0 Å². The quantitative estimate of drug-likeness (QED) is 0.140. The second kappa shape index (κ2) is 18.0. The van der Waals surface area contributed by atoms with Crippen LogP contribution in [0.1, 0.15) is 205 Å². The summed E-state index contributed by atoms with van der Waals surface area (Å²) < 4.78 is 0. The lowest BCUT2D eigenvalue weighted by atomic mass is 9.59. The van der Waals surface area contributed by atoms with E-state index in [1.807, 2.05) is 0 Å². The third-order valence-electron chi connectivity index (χ3n) is 15.0. The zero-order valence-electron chi connectivity index (χ0n) is 38.1. The van der Waals surface area contributed by atoms with E-state index in [0.717, 1.165) is 44.9 Å². The number of unbranched alkanes of at least 4 members (excludes halogenated alkanes) is 1. The van der Waals surface area contributed by atoms with Crippen molar-refractivity contribution in [3.8, 4) is 0 Å². The maximum Gasteiger partial charge on any atom is 0.0184 e. The van der Waals surface area contributed by atoms with Gasteiger partial charge in [0.2, 0.25) is 0 Å². The first kappa shape index (κ1) is 46.8. The van der Waals surface area contributed by atoms with Gasteiger partial charge in [0.25, 0.3) is 0 Å². The van der Waals surface area contributed by atoms with E-state index in [1.165, 1.54) is 59.9 Å². The lowest BCUT2D eigenvalue weighted by Gasteiger charge is -2.54. The number of rotatable bonds is 19. The molecule has 1 aliphatic heterocycles. The van der Waals surface area contributed by atoms with Crippen LogP contribution in [0, 0.1) is 35.0 Å². The van der Waals surface area contributed by atoms with Gasteiger partial charge in [0.1, 0.15) is 0 Å². The van der Waals surface area contributed by atoms with Crippen molar-refractivity contribution < 1.29 is 0 Å². The van der Waals surface area contributed by atoms with Crippen LogP contribution in [0.4, 0.5) is 0 Å². The predicted molar refractivity (Wildman–Crippen MR) is 234 cm³/mol. The number of nitrogens with one attached hydrogen (secondary N) is 1. The molecule has 300 valence electrons. The van der Waals surface area contributed by atoms with Crippen LogP contribution in [-0.2, 0) is 17.3 Å². The van der Waals surface area contributed by atoms with E-state index < -0.39 is 0 Å². The average Bonchev–Trinajstić information content (AvgIpc) is 3.06. The van der Waals surface area contributed by atoms with Crippen LogP contribution < -0.4 is 11.1 Å². The standard InChI is InChI=1S/C50H90N2/c1-20-25-26-50(33-40-30-43(45(11,12)13)32-44(31-40)46(14,15)16,36(7)28-41(27-35(6)21-2)38(9)48(18,51)23-4)37(8)29-42-34-47(17,22-3)52-49(19,24-5)39(42)10/h30-32,35,38-39,41-42,52H,7-8,20-29,33-34,51H2,1-6,9-19H3. The molecule has 0 aromatic heterocycles. The minimum atomic E-state index is -0.204. The van der Waals surface area contributed by atoms with Crippen molar-refractivity contribution in [2.75, 3.05) is 0 Å². The average molecular weight is 719 g/mol. The Hall–Kier alpha value is -1.38. The third kappa shape index (κ3) is 11.3. The molecule has 1 aliphatic rings. The lowest BCUT2D eigenvalue weighted by molar-refractivity contribution is 0.0368. The number of benzene rings is 1. The first-order valence-corrected chi connectivity index (χ1v) is 21.9. The highest BCUT2D eigenvalue weighted by molar-refractivity contribution is 5.40. The maximum atomic E-state index is 7.10. The van der Waals surface area contributed by atoms with E-state index in [9.17, 15) is 0 Å². The molecule has 0 spiro atoms. The summed E-state index contributed by atoms with van der Waals surface area (Å²) in [6, 6.07) is 7.56. The molecular formula is C50H90N2. The molecule has 52 heavy (non-hydrogen) atoms. The van der Waals surface area contributed by atoms with Crippen molar-refractivity contribution in [1.82, 2.24) is 5.32 Å². The molecule has 9 atom stereocenters. The fourth-order valence-electron chi connectivity index (χ4n) is 9.48. The van der Waals surface area contributed by atoms with Crippen LogP contribution in [0.25, 0.3) is 0 Å². The van der Waals surface area contributed by atoms with Gasteiger partial charge < -0.3 is 11.1 Å². The molecule has 9 unspecified atom stereocenters. The second-order valence-corrected chi connectivity index (χ2v) is 21.1. The van der Waals surface area contributed by atoms with Gasteiger partial charge in [0.05, 0.1) is 0 Å². The Morgan fingerprint density at radius 3 is 1.88 bits per heavy atom. The monoisotopic (exact) mass is 719 g/mol. The molecule has 1 heterocycles. The highest BCUT2D eigenvalue weighted by Crippen LogP contribution is 2.52. The zero-order chi connectivity index (χ0) is 40.1. The van der Waals surface area contributed by atoms with Gasteiger partial charge in [-0.15, -0.1) is 0 Å². The van der Waals surface area contributed by atoms with Crippen molar-refractivity contribution in [2.45, 2.75) is 222 Å². The summed E-state index contributed by atoms with van der Waals surface area (Å²) in [4.78, 5) is 0. The number of nitrogens with two attached hydrogens (primary N) is 1. The summed E-state index contributed by atoms with van der Waals surface area (Å²) in [5, 5.41) is 4.16. The predicted octanol–water partition coefficient (Wildman–Crippen LogP) is 14.3. The number of piperidine rings is 1. The van der Waals surface area contributed by atoms with Crippen LogP contribution in [-0.4, -0.2) is 16.6 Å². The van der Waals surface area contributed by atoms with E-state index in [2.05, 4.69) is 141 Å². The molecule has 0 saturated carbocycles. The number of hydrogen-bond acceptors (Lipinski definition) is 2. The molecule has 3 N–H and O–H groups in total. The Morgan fingerprint density at radius 1 is 0.885 bits per heavy atom. The van der Waals surface area contributed by atoms with Crippen LogP contribution in [0.2, 0.25) is 0 Å². The van der Waals surface area contributed by atoms with E-state index in [0.29, 0.717) is 29.6 Å². The molecule has 2 nitrogen and oxygen atoms in total. The number of allylic oxidation sites excluding steroid dienone is 2. The summed E-state index contributed by atoms with van der Waals surface area (Å²) in [5.41, 5.74) is 14.3. The van der Waals surface area contributed by atoms with Gasteiger partial charge in [-0.05, 0) is 136 Å². The summed E-state index contributed by atoms with van der Waals surface area (Å²) in [5.74, 6) is 2.68. The van der Waals surface area contributed by atoms with Crippen molar-refractivity contribution in [2.24, 2.45) is 40.7 Å². The first-order valence-electron chi connectivity index (χ1n) is 21.9. The minimum Gasteiger partial charge on any atom is -0.325 e. The molecule has 0 amide bonds. The Kier molecular flexibility index (Phi) is 16.2. The van der Waals surface area contributed by atoms with Gasteiger partial charge in [-0.3, -0.25) is 0 Å². The fourth-order valence-corrected chi connectivity index (χ4v) is 9.48. The Labute approximate surface area is 326 Å². The smallest absolute Gasteiger partial charge is 0.0184 e. The van der Waals surface area contributed by atoms with E-state index in [4.69, 9.17) is 18.9 Å². The highest BCUT2D eigenvalue weighted by atomic mass is 15.1. The summed E-state index contributed by atoms with van der Waals surface area (Å²) >= 11 is 0. The van der Waals surface area contributed by atoms with Crippen molar-refractivity contribution in [3.63, 3.8) is 0 Å². The van der Waals surface area contributed by atoms with Gasteiger partial charge in [0, 0.05) is 22.0 Å². The third-order valence-corrected chi connectivity index (χ3v) is 15.0. The Bertz CT molecular complexity index is 1250. The maximum absolute atomic E-state index is 7.10. The molecule has 0 radical (unpaired) electrons. The van der Waals surface area contributed by atoms with Gasteiger partial charge in [-0.25, -0.2) is 0 Å². The summed E-state index contributed by atoms with van der Waals surface area (Å²) in [7, 11) is 0. The normalized spacial score (nSPS) is 27.0. The molecule has 1 aromatic carbocycles. The molecule has 2 rings (SSSR count). The van der Waals surface area contributed by atoms with Crippen LogP contribution in [0.3, 0.4) is 0 Å². The largest absolute Gasteiger partial charge is 0.325 e. The summed E-state index contributed by atoms with van der Waals surface area (Å²) in [6.45, 7) is 50.9. The molecule has 1 fully saturated rings. The van der Waals surface area contributed by atoms with Crippen molar-refractivity contribution in [1.29, 1.82) is 0 Å². The van der Waals surface area contributed by atoms with Crippen LogP contribution in [0.15, 0.2) is 42.5 Å². The van der Waals surface area contributed by atoms with Gasteiger partial charge in [-0.1, -0.05) is 159 Å². The van der Waals surface area contributed by atoms with E-state index >= 15 is 0 Å². The Balaban J connectivity index is 2.88. The fraction of sp³-hybridized carbons (Fsp3) is 0.800. The second-order valence-electron chi connectivity index (χ2n) is 21.1. The molecule has 2 heteroatoms. The highest BCUT2D eigenvalue weighted by Gasteiger charge is 2.48. The van der Waals surface area contributed by atoms with E-state index in [-0.39, 0.29) is 32.9 Å². The van der Waals surface area contributed by atoms with Crippen molar-refractivity contribution in [3.05, 3.63) is 59.2 Å². The minimum absolute atomic E-state index is 0.0679. The van der Waals surface area contributed by atoms with Gasteiger partial charge >= 0.3 is 0 Å². The van der Waals surface area contributed by atoms with Crippen LogP contribution >= 0.6 is 0 Å². The molecule has 0 bridgehead atoms. The van der Waals surface area contributed by atoms with Crippen molar-refractivity contribution >= 4 is 0 Å². The zero-order valence-corrected chi connectivity index (χ0v) is 38.1. The molecule has 0 aliphatic carbocycles. The van der Waals surface area contributed by atoms with E-state index in [1.54, 1.807) is 0 Å². The molecule has 1 aromatic rings. The van der Waals surface area contributed by atoms with Crippen LogP contribution in [0.5, 0.6) is 0 Å². The molecular weight excluding hydrogens is 629 g/mol. The SMILES string of the molecule is C=C(CC(CC(C)CC)C(C)C(C)(N)CC)C(CCCC)(Cc1cc(C(C)(C)C)cc(C(C)(C)C)c1)C(=C)CC1CC(C)(CC)NC(C)(CC)C1C. The lowest BCUT2D eigenvalue weighted by Crippen LogP contribution is -2.64. The van der Waals surface area contributed by atoms with Gasteiger partial charge in [0.15, 0.2) is 0 Å². The first-order chi connectivity index (χ1) is 23.8. The van der Waals surface area contributed by atoms with Gasteiger partial charge in [-0.2, -0.15) is 0 Å². The molecule has 1 saturated heterocycles. The number of hydrogen-bond donors (Lipinski definition) is 2.